The summed E-state index contributed by atoms with van der Waals surface area (Å²) in [5, 5.41) is 9.85. The average Bonchev–Trinajstić information content (AvgIpc) is 2.78. The van der Waals surface area contributed by atoms with E-state index in [1.54, 1.807) is 0 Å². The van der Waals surface area contributed by atoms with Gasteiger partial charge in [0.25, 0.3) is 0 Å². The number of nitriles is 1. The minimum absolute atomic E-state index is 0.118. The van der Waals surface area contributed by atoms with E-state index in [0.717, 1.165) is 23.2 Å². The van der Waals surface area contributed by atoms with E-state index in [4.69, 9.17) is 21.6 Å². The number of carbonyl (C=O) groups excluding carboxylic acids is 1. The first-order valence-electron chi connectivity index (χ1n) is 9.24. The number of nitrogens with one attached hydrogen (secondary N) is 1. The van der Waals surface area contributed by atoms with Crippen LogP contribution < -0.4 is 19.9 Å². The number of hydrazine groups is 1. The second-order valence-electron chi connectivity index (χ2n) is 6.69. The Hall–Kier alpha value is -4.08. The van der Waals surface area contributed by atoms with E-state index >= 15 is 0 Å². The number of hydrogen-bond donors (Lipinski definition) is 1. The Labute approximate surface area is 193 Å². The number of benzene rings is 2. The number of aromatic nitrogens is 1. The van der Waals surface area contributed by atoms with Gasteiger partial charge in [-0.15, -0.1) is 8.78 Å². The van der Waals surface area contributed by atoms with Crippen LogP contribution in [0.15, 0.2) is 54.7 Å². The number of anilines is 2. The third kappa shape index (κ3) is 4.80. The normalized spacial score (nSPS) is 15.3. The monoisotopic (exact) mass is 494 g/mol. The summed E-state index contributed by atoms with van der Waals surface area (Å²) in [5.41, 5.74) is 1.94. The second-order valence-corrected chi connectivity index (χ2v) is 7.09. The molecule has 1 aliphatic heterocycles. The van der Waals surface area contributed by atoms with Crippen molar-refractivity contribution in [3.05, 3.63) is 71.0 Å². The summed E-state index contributed by atoms with van der Waals surface area (Å²) in [5.74, 6) is -0.256. The predicted octanol–water partition coefficient (Wildman–Crippen LogP) is 5.40. The van der Waals surface area contributed by atoms with Gasteiger partial charge in [-0.05, 0) is 42.5 Å². The van der Waals surface area contributed by atoms with Crippen LogP contribution in [0, 0.1) is 11.3 Å². The van der Waals surface area contributed by atoms with Gasteiger partial charge in [-0.25, -0.2) is 14.7 Å². The number of halogens is 5. The molecule has 1 amide bonds. The lowest BCUT2D eigenvalue weighted by molar-refractivity contribution is -0.461. The number of ether oxygens (including phenoxy) is 3. The van der Waals surface area contributed by atoms with Crippen molar-refractivity contribution in [2.24, 2.45) is 0 Å². The predicted molar refractivity (Wildman–Crippen MR) is 110 cm³/mol. The molecule has 0 saturated carbocycles. The first-order valence-corrected chi connectivity index (χ1v) is 9.62. The highest BCUT2D eigenvalue weighted by atomic mass is 35.5. The summed E-state index contributed by atoms with van der Waals surface area (Å²) in [7, 11) is 0. The molecule has 2 aromatic carbocycles. The van der Waals surface area contributed by atoms with Crippen molar-refractivity contribution in [2.45, 2.75) is 12.4 Å². The van der Waals surface area contributed by atoms with E-state index in [-0.39, 0.29) is 34.3 Å². The van der Waals surface area contributed by atoms with Crippen LogP contribution in [-0.2, 0) is 15.6 Å². The van der Waals surface area contributed by atoms with Gasteiger partial charge < -0.3 is 9.47 Å². The lowest BCUT2D eigenvalue weighted by atomic mass is 10.1. The van der Waals surface area contributed by atoms with E-state index in [0.29, 0.717) is 5.75 Å². The van der Waals surface area contributed by atoms with Crippen molar-refractivity contribution >= 4 is 29.4 Å². The van der Waals surface area contributed by atoms with Crippen LogP contribution in [0.3, 0.4) is 0 Å². The zero-order chi connectivity index (χ0) is 24.5. The highest BCUT2D eigenvalue weighted by Gasteiger charge is 2.54. The lowest BCUT2D eigenvalue weighted by Crippen LogP contribution is -2.41. The van der Waals surface area contributed by atoms with Gasteiger partial charge in [-0.3, -0.25) is 10.2 Å². The maximum absolute atomic E-state index is 14.0. The quantitative estimate of drug-likeness (QED) is 0.278. The summed E-state index contributed by atoms with van der Waals surface area (Å²) in [6.45, 7) is 0. The Bertz CT molecular complexity index is 1300. The molecule has 0 unspecified atom stereocenters. The van der Waals surface area contributed by atoms with Crippen molar-refractivity contribution in [2.75, 3.05) is 10.4 Å². The van der Waals surface area contributed by atoms with Crippen molar-refractivity contribution in [3.63, 3.8) is 0 Å². The van der Waals surface area contributed by atoms with Gasteiger partial charge >= 0.3 is 12.4 Å². The molecule has 0 aliphatic carbocycles. The molecule has 13 heteroatoms. The van der Waals surface area contributed by atoms with E-state index in [9.17, 15) is 22.4 Å². The van der Waals surface area contributed by atoms with Crippen molar-refractivity contribution < 1.29 is 36.6 Å². The third-order valence-electron chi connectivity index (χ3n) is 4.39. The fourth-order valence-electron chi connectivity index (χ4n) is 2.94. The minimum atomic E-state index is -4.51. The molecule has 174 valence electrons. The molecule has 0 radical (unpaired) electrons. The number of fused-ring (bicyclic) bond motifs is 1. The fraction of sp³-hybridized carbons (Fsp3) is 0.0952. The third-order valence-corrected chi connectivity index (χ3v) is 4.69. The van der Waals surface area contributed by atoms with E-state index in [1.807, 2.05) is 6.07 Å². The Morgan fingerprint density at radius 3 is 2.65 bits per heavy atom. The zero-order valence-electron chi connectivity index (χ0n) is 16.6. The SMILES string of the molecule is N#Cc1cc(Oc2ccc(NN(C=O)c3ccc4c(c3)C(F)(F)OC(F)(F)O4)cc2Cl)ccn1. The number of nitrogens with zero attached hydrogens (tertiary/aromatic N) is 3. The molecule has 1 aromatic heterocycles. The maximum Gasteiger partial charge on any atom is 0.540 e. The number of rotatable bonds is 6. The summed E-state index contributed by atoms with van der Waals surface area (Å²) in [6.07, 6.45) is -7.20. The van der Waals surface area contributed by atoms with E-state index in [2.05, 4.69) is 19.9 Å². The molecule has 2 heterocycles. The smallest absolute Gasteiger partial charge is 0.456 e. The zero-order valence-corrected chi connectivity index (χ0v) is 17.4. The molecule has 0 spiro atoms. The summed E-state index contributed by atoms with van der Waals surface area (Å²) >= 11 is 6.23. The van der Waals surface area contributed by atoms with E-state index in [1.165, 1.54) is 36.5 Å². The van der Waals surface area contributed by atoms with Crippen LogP contribution in [0.25, 0.3) is 0 Å². The van der Waals surface area contributed by atoms with Gasteiger partial charge in [0, 0.05) is 12.3 Å². The molecular formula is C21H11ClF4N4O4. The minimum Gasteiger partial charge on any atom is -0.456 e. The largest absolute Gasteiger partial charge is 0.540 e. The van der Waals surface area contributed by atoms with Crippen LogP contribution in [0.2, 0.25) is 5.02 Å². The summed E-state index contributed by atoms with van der Waals surface area (Å²) < 4.78 is 67.6. The number of pyridine rings is 1. The van der Waals surface area contributed by atoms with Crippen LogP contribution in [0.1, 0.15) is 11.3 Å². The Morgan fingerprint density at radius 2 is 1.94 bits per heavy atom. The van der Waals surface area contributed by atoms with Gasteiger partial charge in [-0.2, -0.15) is 14.0 Å². The Balaban J connectivity index is 1.55. The number of carbonyl (C=O) groups is 1. The van der Waals surface area contributed by atoms with Crippen LogP contribution >= 0.6 is 11.6 Å². The van der Waals surface area contributed by atoms with Crippen LogP contribution in [-0.4, -0.2) is 17.7 Å². The number of amides is 1. The lowest BCUT2D eigenvalue weighted by Gasteiger charge is -2.31. The second kappa shape index (κ2) is 8.69. The van der Waals surface area contributed by atoms with E-state index < -0.39 is 23.7 Å². The molecule has 1 N–H and O–H groups in total. The van der Waals surface area contributed by atoms with Crippen LogP contribution in [0.4, 0.5) is 28.9 Å². The first kappa shape index (κ1) is 23.1. The molecule has 8 nitrogen and oxygen atoms in total. The molecule has 1 aliphatic rings. The standard InChI is InChI=1S/C21H11ClF4N4O4/c22-17-8-12(1-3-19(17)32-15-5-6-28-13(7-15)10-27)29-30(11-31)14-2-4-18-16(9-14)20(23,24)34-21(25,26)33-18/h1-9,11,29H. The maximum atomic E-state index is 14.0. The average molecular weight is 495 g/mol. The van der Waals surface area contributed by atoms with Gasteiger partial charge in [0.1, 0.15) is 29.0 Å². The molecule has 4 rings (SSSR count). The molecule has 34 heavy (non-hydrogen) atoms. The molecule has 0 bridgehead atoms. The Morgan fingerprint density at radius 1 is 1.15 bits per heavy atom. The van der Waals surface area contributed by atoms with Crippen molar-refractivity contribution in [1.29, 1.82) is 5.26 Å². The first-order chi connectivity index (χ1) is 16.1. The number of alkyl halides is 4. The fourth-order valence-corrected chi connectivity index (χ4v) is 3.16. The molecule has 0 saturated heterocycles. The molecule has 0 atom stereocenters. The molecule has 0 fully saturated rings. The molecular weight excluding hydrogens is 484 g/mol. The highest BCUT2D eigenvalue weighted by molar-refractivity contribution is 6.32. The van der Waals surface area contributed by atoms with Crippen molar-refractivity contribution in [1.82, 2.24) is 4.98 Å². The van der Waals surface area contributed by atoms with Crippen molar-refractivity contribution in [3.8, 4) is 23.3 Å². The van der Waals surface area contributed by atoms with Gasteiger partial charge in [0.05, 0.1) is 22.0 Å². The Kier molecular flexibility index (Phi) is 5.90. The topological polar surface area (TPSA) is 96.7 Å². The summed E-state index contributed by atoms with van der Waals surface area (Å²) in [6, 6.07) is 11.9. The van der Waals surface area contributed by atoms with Crippen LogP contribution in [0.5, 0.6) is 17.2 Å². The van der Waals surface area contributed by atoms with Gasteiger partial charge in [-0.1, -0.05) is 11.6 Å². The molecule has 3 aromatic rings. The van der Waals surface area contributed by atoms with Gasteiger partial charge in [0.15, 0.2) is 0 Å². The highest BCUT2D eigenvalue weighted by Crippen LogP contribution is 2.47. The number of hydrogen-bond acceptors (Lipinski definition) is 7. The van der Waals surface area contributed by atoms with Gasteiger partial charge in [0.2, 0.25) is 6.41 Å². The summed E-state index contributed by atoms with van der Waals surface area (Å²) in [4.78, 5) is 15.4.